The Labute approximate surface area is 177 Å². The zero-order valence-corrected chi connectivity index (χ0v) is 20.0. The zero-order chi connectivity index (χ0) is 21.0. The van der Waals surface area contributed by atoms with Gasteiger partial charge in [-0.15, -0.1) is 0 Å². The molecule has 1 aromatic carbocycles. The summed E-state index contributed by atoms with van der Waals surface area (Å²) in [5, 5.41) is 0. The van der Waals surface area contributed by atoms with Crippen LogP contribution in [0.2, 0.25) is 0 Å². The molecule has 1 aromatic rings. The number of hydrogen-bond donors (Lipinski definition) is 0. The highest BCUT2D eigenvalue weighted by molar-refractivity contribution is 5.21. The molecular weight excluding hydrogens is 338 g/mol. The maximum atomic E-state index is 2.58. The lowest BCUT2D eigenvalue weighted by Crippen LogP contribution is -2.29. The van der Waals surface area contributed by atoms with Crippen molar-refractivity contribution in [1.29, 1.82) is 0 Å². The van der Waals surface area contributed by atoms with Crippen molar-refractivity contribution in [2.45, 2.75) is 106 Å². The lowest BCUT2D eigenvalue weighted by Gasteiger charge is -2.27. The van der Waals surface area contributed by atoms with E-state index in [1.807, 2.05) is 13.8 Å². The number of aryl methyl sites for hydroxylation is 1. The van der Waals surface area contributed by atoms with Crippen molar-refractivity contribution in [3.63, 3.8) is 0 Å². The maximum absolute atomic E-state index is 2.58. The molecule has 1 unspecified atom stereocenters. The van der Waals surface area contributed by atoms with Crippen molar-refractivity contribution in [2.24, 2.45) is 5.92 Å². The van der Waals surface area contributed by atoms with Gasteiger partial charge in [0.25, 0.3) is 0 Å². The molecule has 1 atom stereocenters. The molecule has 0 saturated heterocycles. The van der Waals surface area contributed by atoms with Gasteiger partial charge < -0.3 is 0 Å². The highest BCUT2D eigenvalue weighted by Crippen LogP contribution is 2.20. The first kappa shape index (κ1) is 26.9. The first-order chi connectivity index (χ1) is 13.7. The predicted octanol–water partition coefficient (Wildman–Crippen LogP) is 8.57. The van der Waals surface area contributed by atoms with Crippen LogP contribution in [0.5, 0.6) is 0 Å². The average molecular weight is 388 g/mol. The molecule has 0 bridgehead atoms. The van der Waals surface area contributed by atoms with Crippen LogP contribution in [0.1, 0.15) is 104 Å². The highest BCUT2D eigenvalue weighted by atomic mass is 15.1. The molecule has 28 heavy (non-hydrogen) atoms. The Hall–Kier alpha value is -1.08. The van der Waals surface area contributed by atoms with E-state index in [-0.39, 0.29) is 0 Å². The topological polar surface area (TPSA) is 3.24 Å². The van der Waals surface area contributed by atoms with Gasteiger partial charge in [-0.25, -0.2) is 0 Å². The number of unbranched alkanes of at least 4 members (excludes halogenated alkanes) is 5. The van der Waals surface area contributed by atoms with Gasteiger partial charge >= 0.3 is 0 Å². The minimum absolute atomic E-state index is 0.861. The summed E-state index contributed by atoms with van der Waals surface area (Å²) in [6, 6.07) is 8.95. The minimum Gasteiger partial charge on any atom is -0.299 e. The number of benzene rings is 1. The third kappa shape index (κ3) is 14.0. The van der Waals surface area contributed by atoms with E-state index >= 15 is 0 Å². The molecule has 0 fully saturated rings. The smallest absolute Gasteiger partial charge is 0.0233 e. The second kappa shape index (κ2) is 19.2. The second-order valence-electron chi connectivity index (χ2n) is 7.88. The van der Waals surface area contributed by atoms with Crippen LogP contribution in [0, 0.1) is 12.8 Å². The van der Waals surface area contributed by atoms with E-state index in [2.05, 4.69) is 69.0 Å². The molecule has 0 aliphatic heterocycles. The molecule has 162 valence electrons. The molecule has 0 N–H and O–H groups in total. The van der Waals surface area contributed by atoms with E-state index in [0.717, 1.165) is 19.0 Å². The van der Waals surface area contributed by atoms with Crippen molar-refractivity contribution in [3.05, 3.63) is 47.5 Å². The van der Waals surface area contributed by atoms with Crippen LogP contribution < -0.4 is 0 Å². The van der Waals surface area contributed by atoms with E-state index < -0.39 is 0 Å². The van der Waals surface area contributed by atoms with Crippen LogP contribution in [0.25, 0.3) is 0 Å². The van der Waals surface area contributed by atoms with Crippen molar-refractivity contribution in [2.75, 3.05) is 13.1 Å². The van der Waals surface area contributed by atoms with Crippen LogP contribution in [0.15, 0.2) is 36.4 Å². The minimum atomic E-state index is 0.861. The van der Waals surface area contributed by atoms with Gasteiger partial charge in [-0.2, -0.15) is 0 Å². The van der Waals surface area contributed by atoms with Crippen LogP contribution in [-0.2, 0) is 6.54 Å². The Morgan fingerprint density at radius 1 is 0.857 bits per heavy atom. The SMILES string of the molecule is CC.CCCCCCCC.CCN(Cc1ccc(C)cc1)CC1CC=CCC1. The van der Waals surface area contributed by atoms with Gasteiger partial charge in [0.2, 0.25) is 0 Å². The number of rotatable bonds is 10. The van der Waals surface area contributed by atoms with E-state index in [1.54, 1.807) is 0 Å². The number of allylic oxidation sites excluding steroid dienone is 2. The van der Waals surface area contributed by atoms with Crippen molar-refractivity contribution < 1.29 is 0 Å². The Morgan fingerprint density at radius 3 is 1.93 bits per heavy atom. The van der Waals surface area contributed by atoms with Crippen LogP contribution in [-0.4, -0.2) is 18.0 Å². The van der Waals surface area contributed by atoms with Gasteiger partial charge in [-0.3, -0.25) is 4.90 Å². The summed E-state index contributed by atoms with van der Waals surface area (Å²) >= 11 is 0. The van der Waals surface area contributed by atoms with Gasteiger partial charge in [-0.05, 0) is 44.2 Å². The molecule has 0 heterocycles. The Bertz CT molecular complexity index is 454. The molecule has 0 saturated carbocycles. The summed E-state index contributed by atoms with van der Waals surface area (Å²) in [4.78, 5) is 2.58. The average Bonchev–Trinajstić information content (AvgIpc) is 2.75. The van der Waals surface area contributed by atoms with Crippen LogP contribution in [0.3, 0.4) is 0 Å². The third-order valence-corrected chi connectivity index (χ3v) is 5.33. The fraction of sp³-hybridized carbons (Fsp3) is 0.704. The molecule has 0 spiro atoms. The summed E-state index contributed by atoms with van der Waals surface area (Å²) in [5.41, 5.74) is 2.79. The van der Waals surface area contributed by atoms with E-state index in [4.69, 9.17) is 0 Å². The molecule has 1 aliphatic rings. The molecular formula is C27H49N. The standard InChI is InChI=1S/C17H25N.C8H18.C2H6/c1-3-18(13-16-7-5-4-6-8-16)14-17-11-9-15(2)10-12-17;1-3-5-7-8-6-4-2;1-2/h4-5,9-12,16H,3,6-8,13-14H2,1-2H3;3-8H2,1-2H3;1-2H3. The zero-order valence-electron chi connectivity index (χ0n) is 20.0. The lowest BCUT2D eigenvalue weighted by molar-refractivity contribution is 0.225. The van der Waals surface area contributed by atoms with E-state index in [1.165, 1.54) is 75.5 Å². The summed E-state index contributed by atoms with van der Waals surface area (Å²) in [7, 11) is 0. The van der Waals surface area contributed by atoms with Gasteiger partial charge in [0.15, 0.2) is 0 Å². The molecule has 0 amide bonds. The molecule has 1 nitrogen and oxygen atoms in total. The van der Waals surface area contributed by atoms with Gasteiger partial charge in [0.1, 0.15) is 0 Å². The van der Waals surface area contributed by atoms with Crippen LogP contribution >= 0.6 is 0 Å². The summed E-state index contributed by atoms with van der Waals surface area (Å²) in [6.45, 7) is 16.4. The molecule has 2 rings (SSSR count). The first-order valence-electron chi connectivity index (χ1n) is 12.1. The second-order valence-corrected chi connectivity index (χ2v) is 7.88. The summed E-state index contributed by atoms with van der Waals surface area (Å²) in [5.74, 6) is 0.861. The Morgan fingerprint density at radius 2 is 1.46 bits per heavy atom. The normalized spacial score (nSPS) is 15.5. The quantitative estimate of drug-likeness (QED) is 0.287. The summed E-state index contributed by atoms with van der Waals surface area (Å²) < 4.78 is 0. The van der Waals surface area contributed by atoms with E-state index in [0.29, 0.717) is 0 Å². The van der Waals surface area contributed by atoms with Crippen molar-refractivity contribution in [1.82, 2.24) is 4.90 Å². The van der Waals surface area contributed by atoms with Gasteiger partial charge in [0, 0.05) is 13.1 Å². The molecule has 0 radical (unpaired) electrons. The molecule has 1 aliphatic carbocycles. The number of hydrogen-bond acceptors (Lipinski definition) is 1. The van der Waals surface area contributed by atoms with Crippen LogP contribution in [0.4, 0.5) is 0 Å². The van der Waals surface area contributed by atoms with Gasteiger partial charge in [-0.1, -0.05) is 115 Å². The van der Waals surface area contributed by atoms with Crippen molar-refractivity contribution >= 4 is 0 Å². The molecule has 1 heteroatoms. The fourth-order valence-corrected chi connectivity index (χ4v) is 3.50. The third-order valence-electron chi connectivity index (χ3n) is 5.33. The lowest BCUT2D eigenvalue weighted by atomic mass is 9.94. The van der Waals surface area contributed by atoms with Gasteiger partial charge in [0.05, 0.1) is 0 Å². The largest absolute Gasteiger partial charge is 0.299 e. The predicted molar refractivity (Wildman–Crippen MR) is 129 cm³/mol. The Balaban J connectivity index is 0.000000618. The summed E-state index contributed by atoms with van der Waals surface area (Å²) in [6.07, 6.45) is 17.1. The van der Waals surface area contributed by atoms with Crippen molar-refractivity contribution in [3.8, 4) is 0 Å². The van der Waals surface area contributed by atoms with E-state index in [9.17, 15) is 0 Å². The highest BCUT2D eigenvalue weighted by Gasteiger charge is 2.14. The monoisotopic (exact) mass is 387 g/mol. The molecule has 0 aromatic heterocycles. The fourth-order valence-electron chi connectivity index (χ4n) is 3.50. The number of nitrogens with zero attached hydrogens (tertiary/aromatic N) is 1. The maximum Gasteiger partial charge on any atom is 0.0233 e. The Kier molecular flexibility index (Phi) is 18.5. The first-order valence-corrected chi connectivity index (χ1v) is 12.1.